The first-order valence-corrected chi connectivity index (χ1v) is 12.3. The minimum absolute atomic E-state index is 0.220. The number of hydrogen-bond acceptors (Lipinski definition) is 5. The van der Waals surface area contributed by atoms with Gasteiger partial charge in [0, 0.05) is 35.5 Å². The fraction of sp³-hybridized carbons (Fsp3) is 0.310. The van der Waals surface area contributed by atoms with Crippen LogP contribution in [0.5, 0.6) is 11.5 Å². The number of benzene rings is 2. The van der Waals surface area contributed by atoms with Crippen LogP contribution in [-0.2, 0) is 0 Å². The van der Waals surface area contributed by atoms with Crippen molar-refractivity contribution in [3.8, 4) is 34.2 Å². The molecule has 7 nitrogen and oxygen atoms in total. The first-order valence-electron chi connectivity index (χ1n) is 12.3. The molecule has 0 radical (unpaired) electrons. The molecule has 2 aromatic heterocycles. The predicted molar refractivity (Wildman–Crippen MR) is 140 cm³/mol. The van der Waals surface area contributed by atoms with Gasteiger partial charge in [0.15, 0.2) is 11.5 Å². The first kappa shape index (κ1) is 23.7. The molecule has 4 aromatic rings. The van der Waals surface area contributed by atoms with Gasteiger partial charge in [-0.1, -0.05) is 49.1 Å². The number of hydrogen-bond donors (Lipinski definition) is 1. The van der Waals surface area contributed by atoms with Crippen LogP contribution in [0.3, 0.4) is 0 Å². The van der Waals surface area contributed by atoms with Gasteiger partial charge in [-0.3, -0.25) is 4.79 Å². The van der Waals surface area contributed by atoms with E-state index in [9.17, 15) is 4.79 Å². The van der Waals surface area contributed by atoms with Gasteiger partial charge >= 0.3 is 0 Å². The van der Waals surface area contributed by atoms with Gasteiger partial charge in [0.2, 0.25) is 0 Å². The summed E-state index contributed by atoms with van der Waals surface area (Å²) in [4.78, 5) is 17.9. The number of carbonyl (C=O) groups is 1. The third-order valence-electron chi connectivity index (χ3n) is 6.76. The highest BCUT2D eigenvalue weighted by atomic mass is 16.5. The molecule has 0 aliphatic heterocycles. The lowest BCUT2D eigenvalue weighted by Gasteiger charge is -2.24. The van der Waals surface area contributed by atoms with Gasteiger partial charge < -0.3 is 23.8 Å². The Morgan fingerprint density at radius 3 is 2.33 bits per heavy atom. The Labute approximate surface area is 211 Å². The molecule has 1 aliphatic carbocycles. The lowest BCUT2D eigenvalue weighted by molar-refractivity contribution is 0.0997. The molecule has 1 aliphatic rings. The van der Waals surface area contributed by atoms with Gasteiger partial charge in [0.1, 0.15) is 17.2 Å². The van der Waals surface area contributed by atoms with Gasteiger partial charge in [-0.15, -0.1) is 0 Å². The summed E-state index contributed by atoms with van der Waals surface area (Å²) in [6.45, 7) is 2.07. The molecule has 0 unspecified atom stereocenters. The number of nitrogens with one attached hydrogen (secondary N) is 1. The van der Waals surface area contributed by atoms with Crippen LogP contribution in [0.25, 0.3) is 22.7 Å². The SMILES string of the molecule is COc1cc(NC(=O)c2ccc(-c3c(-c4ccc(C)cc4)ncn3C3CCCCC3)o2)cc(OC)c1. The van der Waals surface area contributed by atoms with E-state index in [1.165, 1.54) is 24.8 Å². The number of nitrogens with zero attached hydrogens (tertiary/aromatic N) is 2. The zero-order valence-electron chi connectivity index (χ0n) is 20.9. The van der Waals surface area contributed by atoms with Crippen LogP contribution >= 0.6 is 0 Å². The van der Waals surface area contributed by atoms with Crippen molar-refractivity contribution < 1.29 is 18.7 Å². The minimum Gasteiger partial charge on any atom is -0.497 e. The average Bonchev–Trinajstić information content (AvgIpc) is 3.57. The highest BCUT2D eigenvalue weighted by Crippen LogP contribution is 2.38. The van der Waals surface area contributed by atoms with Crippen LogP contribution in [0.4, 0.5) is 5.69 Å². The fourth-order valence-electron chi connectivity index (χ4n) is 4.82. The number of aryl methyl sites for hydroxylation is 1. The van der Waals surface area contributed by atoms with Gasteiger partial charge in [0.25, 0.3) is 5.91 Å². The molecule has 1 amide bonds. The Balaban J connectivity index is 1.48. The normalized spacial score (nSPS) is 14.0. The summed E-state index contributed by atoms with van der Waals surface area (Å²) >= 11 is 0. The lowest BCUT2D eigenvalue weighted by atomic mass is 9.95. The number of aromatic nitrogens is 2. The number of amides is 1. The molecule has 0 bridgehead atoms. The van der Waals surface area contributed by atoms with Crippen molar-refractivity contribution in [1.82, 2.24) is 9.55 Å². The Morgan fingerprint density at radius 1 is 0.972 bits per heavy atom. The second-order valence-corrected chi connectivity index (χ2v) is 9.23. The summed E-state index contributed by atoms with van der Waals surface area (Å²) in [6.07, 6.45) is 7.83. The van der Waals surface area contributed by atoms with E-state index in [-0.39, 0.29) is 11.7 Å². The standard InChI is InChI=1S/C29H31N3O4/c1-19-9-11-20(12-10-19)27-28(32(18-30-27)22-7-5-4-6-8-22)25-13-14-26(36-25)29(33)31-21-15-23(34-2)17-24(16-21)35-3/h9-18,22H,4-8H2,1-3H3,(H,31,33). The number of anilines is 1. The zero-order chi connectivity index (χ0) is 25.1. The smallest absolute Gasteiger partial charge is 0.291 e. The van der Waals surface area contributed by atoms with E-state index < -0.39 is 0 Å². The molecule has 0 spiro atoms. The molecule has 7 heteroatoms. The second kappa shape index (κ2) is 10.3. The lowest BCUT2D eigenvalue weighted by Crippen LogP contribution is -2.13. The molecule has 2 heterocycles. The highest BCUT2D eigenvalue weighted by molar-refractivity contribution is 6.02. The molecule has 1 saturated carbocycles. The maximum atomic E-state index is 13.1. The topological polar surface area (TPSA) is 78.5 Å². The van der Waals surface area contributed by atoms with Crippen molar-refractivity contribution in [1.29, 1.82) is 0 Å². The second-order valence-electron chi connectivity index (χ2n) is 9.23. The van der Waals surface area contributed by atoms with E-state index in [2.05, 4.69) is 41.1 Å². The van der Waals surface area contributed by atoms with E-state index >= 15 is 0 Å². The molecule has 5 rings (SSSR count). The zero-order valence-corrected chi connectivity index (χ0v) is 20.9. The van der Waals surface area contributed by atoms with Crippen molar-refractivity contribution in [2.24, 2.45) is 0 Å². The number of ether oxygens (including phenoxy) is 2. The number of rotatable bonds is 7. The van der Waals surface area contributed by atoms with Gasteiger partial charge in [-0.25, -0.2) is 4.98 Å². The van der Waals surface area contributed by atoms with Crippen molar-refractivity contribution in [3.63, 3.8) is 0 Å². The van der Waals surface area contributed by atoms with Crippen molar-refractivity contribution in [2.45, 2.75) is 45.1 Å². The molecule has 1 N–H and O–H groups in total. The van der Waals surface area contributed by atoms with Crippen molar-refractivity contribution in [3.05, 3.63) is 72.2 Å². The molecular formula is C29H31N3O4. The molecule has 2 aromatic carbocycles. The van der Waals surface area contributed by atoms with E-state index in [1.807, 2.05) is 12.4 Å². The molecule has 0 atom stereocenters. The molecule has 1 fully saturated rings. The average molecular weight is 486 g/mol. The van der Waals surface area contributed by atoms with Gasteiger partial charge in [-0.05, 0) is 31.9 Å². The van der Waals surface area contributed by atoms with E-state index in [4.69, 9.17) is 18.9 Å². The molecule has 186 valence electrons. The molecule has 36 heavy (non-hydrogen) atoms. The Bertz CT molecular complexity index is 1330. The summed E-state index contributed by atoms with van der Waals surface area (Å²) < 4.78 is 19.0. The quantitative estimate of drug-likeness (QED) is 0.308. The number of carbonyl (C=O) groups excluding carboxylic acids is 1. The molecular weight excluding hydrogens is 454 g/mol. The Kier molecular flexibility index (Phi) is 6.80. The summed E-state index contributed by atoms with van der Waals surface area (Å²) in [5.41, 5.74) is 4.54. The molecule has 0 saturated heterocycles. The largest absolute Gasteiger partial charge is 0.497 e. The summed E-state index contributed by atoms with van der Waals surface area (Å²) in [6, 6.07) is 17.5. The monoisotopic (exact) mass is 485 g/mol. The summed E-state index contributed by atoms with van der Waals surface area (Å²) in [5.74, 6) is 1.67. The van der Waals surface area contributed by atoms with Crippen LogP contribution in [0.15, 0.2) is 65.3 Å². The van der Waals surface area contributed by atoms with E-state index in [0.717, 1.165) is 29.8 Å². The Hall–Kier alpha value is -4.00. The summed E-state index contributed by atoms with van der Waals surface area (Å²) in [7, 11) is 3.14. The van der Waals surface area contributed by atoms with E-state index in [0.29, 0.717) is 29.0 Å². The van der Waals surface area contributed by atoms with E-state index in [1.54, 1.807) is 38.5 Å². The van der Waals surface area contributed by atoms with Gasteiger partial charge in [0.05, 0.1) is 26.2 Å². The van der Waals surface area contributed by atoms with Gasteiger partial charge in [-0.2, -0.15) is 0 Å². The highest BCUT2D eigenvalue weighted by Gasteiger charge is 2.25. The van der Waals surface area contributed by atoms with Crippen molar-refractivity contribution in [2.75, 3.05) is 19.5 Å². The third-order valence-corrected chi connectivity index (χ3v) is 6.76. The first-order chi connectivity index (χ1) is 17.6. The minimum atomic E-state index is -0.350. The number of furan rings is 1. The fourth-order valence-corrected chi connectivity index (χ4v) is 4.82. The third kappa shape index (κ3) is 4.87. The summed E-state index contributed by atoms with van der Waals surface area (Å²) in [5, 5.41) is 2.88. The maximum Gasteiger partial charge on any atom is 0.291 e. The maximum absolute atomic E-state index is 13.1. The van der Waals surface area contributed by atoms with Crippen LogP contribution in [0.2, 0.25) is 0 Å². The predicted octanol–water partition coefficient (Wildman–Crippen LogP) is 6.89. The van der Waals surface area contributed by atoms with Crippen LogP contribution in [0, 0.1) is 6.92 Å². The number of imidazole rings is 1. The van der Waals surface area contributed by atoms with Crippen LogP contribution < -0.4 is 14.8 Å². The van der Waals surface area contributed by atoms with Crippen LogP contribution in [-0.4, -0.2) is 29.7 Å². The Morgan fingerprint density at radius 2 is 1.67 bits per heavy atom. The van der Waals surface area contributed by atoms with Crippen molar-refractivity contribution >= 4 is 11.6 Å². The van der Waals surface area contributed by atoms with Crippen LogP contribution in [0.1, 0.15) is 54.3 Å². The number of methoxy groups -OCH3 is 2.